The number of ether oxygens (including phenoxy) is 2. The van der Waals surface area contributed by atoms with E-state index in [2.05, 4.69) is 66.3 Å². The number of hydrogen-bond donors (Lipinski definition) is 0. The molecule has 8 heteroatoms. The number of fused-ring (bicyclic) bond motifs is 5. The fourth-order valence-corrected chi connectivity index (χ4v) is 3.86. The number of methoxy groups -OCH3 is 1. The summed E-state index contributed by atoms with van der Waals surface area (Å²) < 4.78 is 15.1. The van der Waals surface area contributed by atoms with Crippen LogP contribution in [-0.2, 0) is 17.9 Å². The van der Waals surface area contributed by atoms with Crippen molar-refractivity contribution < 1.29 is 9.47 Å². The summed E-state index contributed by atoms with van der Waals surface area (Å²) in [6.45, 7) is 6.92. The number of rotatable bonds is 4. The van der Waals surface area contributed by atoms with Crippen LogP contribution >= 0.6 is 0 Å². The smallest absolute Gasteiger partial charge is 0.213 e. The number of pyridine rings is 1. The second-order valence-corrected chi connectivity index (χ2v) is 8.19. The number of benzene rings is 1. The minimum absolute atomic E-state index is 0.0765. The monoisotopic (exact) mass is 440 g/mol. The molecule has 0 unspecified atom stereocenters. The summed E-state index contributed by atoms with van der Waals surface area (Å²) in [5, 5.41) is 8.84. The Kier molecular flexibility index (Phi) is 5.40. The first-order valence-electron chi connectivity index (χ1n) is 10.8. The highest BCUT2D eigenvalue weighted by molar-refractivity contribution is 5.70. The molecule has 0 aliphatic carbocycles. The van der Waals surface area contributed by atoms with E-state index in [0.29, 0.717) is 24.7 Å². The van der Waals surface area contributed by atoms with Gasteiger partial charge in [-0.05, 0) is 44.9 Å². The van der Waals surface area contributed by atoms with Crippen LogP contribution in [0, 0.1) is 18.8 Å². The average molecular weight is 441 g/mol. The molecule has 0 fully saturated rings. The summed E-state index contributed by atoms with van der Waals surface area (Å²) in [6.07, 6.45) is 3.61. The standard InChI is InChI=1S/C25H24N6O2/c1-16(2)33-24-10-7-18(12-26-24)6-8-20-22-13-30-23(14-32-4)28-29-25(30)19-11-17(3)5-9-21(19)31(22)15-27-20/h5,7,9-12,15-16H,13-14H2,1-4H3. The van der Waals surface area contributed by atoms with Gasteiger partial charge in [-0.15, -0.1) is 10.2 Å². The van der Waals surface area contributed by atoms with Gasteiger partial charge >= 0.3 is 0 Å². The van der Waals surface area contributed by atoms with Crippen molar-refractivity contribution in [3.63, 3.8) is 0 Å². The van der Waals surface area contributed by atoms with E-state index in [0.717, 1.165) is 39.7 Å². The topological polar surface area (TPSA) is 79.9 Å². The molecule has 0 N–H and O–H groups in total. The van der Waals surface area contributed by atoms with Crippen LogP contribution in [0.3, 0.4) is 0 Å². The Morgan fingerprint density at radius 3 is 2.73 bits per heavy atom. The molecule has 0 atom stereocenters. The van der Waals surface area contributed by atoms with Crippen molar-refractivity contribution in [1.29, 1.82) is 0 Å². The van der Waals surface area contributed by atoms with Crippen LogP contribution in [-0.4, -0.2) is 42.5 Å². The van der Waals surface area contributed by atoms with Gasteiger partial charge in [0.15, 0.2) is 11.6 Å². The predicted octanol–water partition coefficient (Wildman–Crippen LogP) is 3.53. The van der Waals surface area contributed by atoms with Crippen LogP contribution < -0.4 is 4.74 Å². The zero-order valence-electron chi connectivity index (χ0n) is 19.0. The predicted molar refractivity (Wildman–Crippen MR) is 123 cm³/mol. The maximum Gasteiger partial charge on any atom is 0.213 e. The normalized spacial score (nSPS) is 11.8. The van der Waals surface area contributed by atoms with Gasteiger partial charge < -0.3 is 14.0 Å². The van der Waals surface area contributed by atoms with E-state index < -0.39 is 0 Å². The van der Waals surface area contributed by atoms with Gasteiger partial charge in [-0.3, -0.25) is 4.57 Å². The van der Waals surface area contributed by atoms with Crippen LogP contribution in [0.2, 0.25) is 0 Å². The summed E-state index contributed by atoms with van der Waals surface area (Å²) in [5.74, 6) is 8.57. The number of imidazole rings is 1. The SMILES string of the molecule is COCc1nnc2n1Cc1c(C#Cc3ccc(OC(C)C)nc3)ncn1-c1ccc(C)cc1-2. The summed E-state index contributed by atoms with van der Waals surface area (Å²) in [4.78, 5) is 8.95. The number of aryl methyl sites for hydroxylation is 1. The molecule has 0 spiro atoms. The summed E-state index contributed by atoms with van der Waals surface area (Å²) in [7, 11) is 1.66. The first kappa shape index (κ1) is 20.9. The molecule has 0 bridgehead atoms. The molecule has 1 aliphatic heterocycles. The molecule has 33 heavy (non-hydrogen) atoms. The second kappa shape index (κ2) is 8.52. The van der Waals surface area contributed by atoms with Gasteiger partial charge in [-0.2, -0.15) is 0 Å². The van der Waals surface area contributed by atoms with Crippen molar-refractivity contribution >= 4 is 0 Å². The molecule has 0 radical (unpaired) electrons. The molecule has 0 amide bonds. The van der Waals surface area contributed by atoms with Gasteiger partial charge in [0.2, 0.25) is 5.88 Å². The number of hydrogen-bond acceptors (Lipinski definition) is 6. The first-order chi connectivity index (χ1) is 16.0. The molecule has 1 aromatic carbocycles. The van der Waals surface area contributed by atoms with Gasteiger partial charge in [0, 0.05) is 30.5 Å². The van der Waals surface area contributed by atoms with Crippen molar-refractivity contribution in [2.24, 2.45) is 0 Å². The summed E-state index contributed by atoms with van der Waals surface area (Å²) in [5.41, 5.74) is 5.62. The van der Waals surface area contributed by atoms with E-state index in [1.165, 1.54) is 0 Å². The quantitative estimate of drug-likeness (QED) is 0.398. The van der Waals surface area contributed by atoms with Crippen LogP contribution in [0.25, 0.3) is 17.1 Å². The fraction of sp³-hybridized carbons (Fsp3) is 0.280. The molecule has 5 rings (SSSR count). The molecule has 1 aliphatic rings. The minimum atomic E-state index is 0.0765. The molecule has 0 saturated carbocycles. The third-order valence-electron chi connectivity index (χ3n) is 5.35. The van der Waals surface area contributed by atoms with Crippen LogP contribution in [0.4, 0.5) is 0 Å². The lowest BCUT2D eigenvalue weighted by Gasteiger charge is -2.08. The van der Waals surface area contributed by atoms with Gasteiger partial charge in [0.1, 0.15) is 18.6 Å². The lowest BCUT2D eigenvalue weighted by molar-refractivity contribution is 0.174. The molecule has 4 heterocycles. The highest BCUT2D eigenvalue weighted by Crippen LogP contribution is 2.33. The Labute approximate surface area is 192 Å². The van der Waals surface area contributed by atoms with E-state index >= 15 is 0 Å². The van der Waals surface area contributed by atoms with Crippen molar-refractivity contribution in [2.75, 3.05) is 7.11 Å². The lowest BCUT2D eigenvalue weighted by Crippen LogP contribution is -2.09. The maximum absolute atomic E-state index is 5.61. The Balaban J connectivity index is 1.57. The third kappa shape index (κ3) is 3.99. The van der Waals surface area contributed by atoms with Crippen molar-refractivity contribution in [1.82, 2.24) is 29.3 Å². The molecule has 4 aromatic rings. The van der Waals surface area contributed by atoms with Crippen LogP contribution in [0.1, 0.15) is 42.2 Å². The van der Waals surface area contributed by atoms with E-state index in [9.17, 15) is 0 Å². The molecular formula is C25H24N6O2. The molecular weight excluding hydrogens is 416 g/mol. The zero-order chi connectivity index (χ0) is 22.9. The molecule has 8 nitrogen and oxygen atoms in total. The zero-order valence-corrected chi connectivity index (χ0v) is 19.0. The highest BCUT2D eigenvalue weighted by Gasteiger charge is 2.25. The van der Waals surface area contributed by atoms with Crippen molar-refractivity contribution in [3.05, 3.63) is 71.2 Å². The minimum Gasteiger partial charge on any atom is -0.475 e. The summed E-state index contributed by atoms with van der Waals surface area (Å²) >= 11 is 0. The molecule has 166 valence electrons. The van der Waals surface area contributed by atoms with E-state index in [4.69, 9.17) is 9.47 Å². The number of aromatic nitrogens is 6. The largest absolute Gasteiger partial charge is 0.475 e. The average Bonchev–Trinajstić information content (AvgIpc) is 3.34. The Morgan fingerprint density at radius 1 is 1.09 bits per heavy atom. The van der Waals surface area contributed by atoms with Crippen LogP contribution in [0.15, 0.2) is 42.9 Å². The van der Waals surface area contributed by atoms with Crippen molar-refractivity contribution in [2.45, 2.75) is 40.0 Å². The maximum atomic E-state index is 5.61. The molecule has 3 aromatic heterocycles. The Hall–Kier alpha value is -3.96. The third-order valence-corrected chi connectivity index (χ3v) is 5.35. The highest BCUT2D eigenvalue weighted by atomic mass is 16.5. The molecule has 0 saturated heterocycles. The fourth-order valence-electron chi connectivity index (χ4n) is 3.86. The van der Waals surface area contributed by atoms with Gasteiger partial charge in [-0.25, -0.2) is 9.97 Å². The second-order valence-electron chi connectivity index (χ2n) is 8.19. The lowest BCUT2D eigenvalue weighted by atomic mass is 10.1. The van der Waals surface area contributed by atoms with Crippen molar-refractivity contribution in [3.8, 4) is 34.8 Å². The number of nitrogens with zero attached hydrogens (tertiary/aromatic N) is 6. The van der Waals surface area contributed by atoms with Crippen LogP contribution in [0.5, 0.6) is 5.88 Å². The summed E-state index contributed by atoms with van der Waals surface area (Å²) in [6, 6.07) is 10.0. The van der Waals surface area contributed by atoms with E-state index in [-0.39, 0.29) is 6.10 Å². The van der Waals surface area contributed by atoms with Gasteiger partial charge in [0.05, 0.1) is 24.0 Å². The Morgan fingerprint density at radius 2 is 1.97 bits per heavy atom. The Bertz CT molecular complexity index is 1370. The van der Waals surface area contributed by atoms with E-state index in [1.54, 1.807) is 13.3 Å². The van der Waals surface area contributed by atoms with E-state index in [1.807, 2.05) is 32.3 Å². The van der Waals surface area contributed by atoms with Gasteiger partial charge in [-0.1, -0.05) is 17.6 Å². The van der Waals surface area contributed by atoms with Gasteiger partial charge in [0.25, 0.3) is 0 Å². The first-order valence-corrected chi connectivity index (χ1v) is 10.8.